The second kappa shape index (κ2) is 5.98. The van der Waals surface area contributed by atoms with E-state index in [9.17, 15) is 4.79 Å². The molecule has 0 fully saturated rings. The Bertz CT molecular complexity index is 1000. The third kappa shape index (κ3) is 2.71. The van der Waals surface area contributed by atoms with Gasteiger partial charge in [0.25, 0.3) is 0 Å². The number of hydrogen-bond donors (Lipinski definition) is 1. The standard InChI is InChI=1S/C19H16N2O4/c1-11-14-5-3-4-6-15(14)25-18(11)19(22)21-20-12(2)13-7-8-16-17(9-13)24-10-23-16/h3-9H,10H2,1-2H3,(H,21,22)/b20-12-. The third-order valence-corrected chi connectivity index (χ3v) is 4.17. The molecule has 0 bridgehead atoms. The van der Waals surface area contributed by atoms with Gasteiger partial charge in [-0.2, -0.15) is 5.10 Å². The lowest BCUT2D eigenvalue weighted by molar-refractivity contribution is 0.0928. The molecule has 1 amide bonds. The number of hydrazone groups is 1. The molecule has 0 saturated carbocycles. The van der Waals surface area contributed by atoms with Crippen LogP contribution in [0.1, 0.15) is 28.6 Å². The molecule has 6 heteroatoms. The van der Waals surface area contributed by atoms with Gasteiger partial charge in [0.2, 0.25) is 6.79 Å². The molecule has 0 spiro atoms. The van der Waals surface area contributed by atoms with Crippen molar-refractivity contribution in [2.75, 3.05) is 6.79 Å². The SMILES string of the molecule is C/C(=N/NC(=O)c1oc2ccccc2c1C)c1ccc2c(c1)OCO2. The van der Waals surface area contributed by atoms with Crippen LogP contribution in [-0.4, -0.2) is 18.4 Å². The Morgan fingerprint density at radius 2 is 1.92 bits per heavy atom. The van der Waals surface area contributed by atoms with E-state index in [-0.39, 0.29) is 18.5 Å². The van der Waals surface area contributed by atoms with Crippen molar-refractivity contribution in [3.8, 4) is 11.5 Å². The average Bonchev–Trinajstić information content (AvgIpc) is 3.23. The summed E-state index contributed by atoms with van der Waals surface area (Å²) in [5.41, 5.74) is 5.52. The highest BCUT2D eigenvalue weighted by atomic mass is 16.7. The zero-order valence-electron chi connectivity index (χ0n) is 13.8. The normalized spacial score (nSPS) is 13.3. The van der Waals surface area contributed by atoms with Crippen molar-refractivity contribution in [3.05, 3.63) is 59.4 Å². The van der Waals surface area contributed by atoms with Crippen LogP contribution < -0.4 is 14.9 Å². The van der Waals surface area contributed by atoms with E-state index >= 15 is 0 Å². The molecule has 4 rings (SSSR count). The lowest BCUT2D eigenvalue weighted by Crippen LogP contribution is -2.19. The minimum Gasteiger partial charge on any atom is -0.454 e. The summed E-state index contributed by atoms with van der Waals surface area (Å²) in [5.74, 6) is 1.27. The van der Waals surface area contributed by atoms with Crippen LogP contribution in [0.4, 0.5) is 0 Å². The fourth-order valence-corrected chi connectivity index (χ4v) is 2.76. The summed E-state index contributed by atoms with van der Waals surface area (Å²) >= 11 is 0. The van der Waals surface area contributed by atoms with Crippen LogP contribution in [0.3, 0.4) is 0 Å². The van der Waals surface area contributed by atoms with Crippen LogP contribution in [0.5, 0.6) is 11.5 Å². The summed E-state index contributed by atoms with van der Waals surface area (Å²) in [6, 6.07) is 13.1. The predicted molar refractivity (Wildman–Crippen MR) is 93.2 cm³/mol. The van der Waals surface area contributed by atoms with Gasteiger partial charge in [0.15, 0.2) is 17.3 Å². The van der Waals surface area contributed by atoms with E-state index in [0.29, 0.717) is 22.8 Å². The Morgan fingerprint density at radius 3 is 2.76 bits per heavy atom. The van der Waals surface area contributed by atoms with E-state index in [4.69, 9.17) is 13.9 Å². The van der Waals surface area contributed by atoms with Gasteiger partial charge in [-0.25, -0.2) is 5.43 Å². The van der Waals surface area contributed by atoms with Crippen molar-refractivity contribution in [3.63, 3.8) is 0 Å². The highest BCUT2D eigenvalue weighted by Gasteiger charge is 2.17. The summed E-state index contributed by atoms with van der Waals surface area (Å²) in [7, 11) is 0. The van der Waals surface area contributed by atoms with Crippen molar-refractivity contribution in [1.29, 1.82) is 0 Å². The fraction of sp³-hybridized carbons (Fsp3) is 0.158. The zero-order valence-corrected chi connectivity index (χ0v) is 13.8. The maximum absolute atomic E-state index is 12.4. The number of fused-ring (bicyclic) bond motifs is 2. The first-order valence-corrected chi connectivity index (χ1v) is 7.86. The number of furan rings is 1. The van der Waals surface area contributed by atoms with E-state index in [1.807, 2.05) is 56.3 Å². The number of ether oxygens (including phenoxy) is 2. The number of rotatable bonds is 3. The maximum Gasteiger partial charge on any atom is 0.307 e. The maximum atomic E-state index is 12.4. The lowest BCUT2D eigenvalue weighted by Gasteiger charge is -2.03. The van der Waals surface area contributed by atoms with Gasteiger partial charge in [0.1, 0.15) is 5.58 Å². The van der Waals surface area contributed by atoms with Crippen molar-refractivity contribution in [1.82, 2.24) is 5.43 Å². The van der Waals surface area contributed by atoms with Crippen LogP contribution in [0.2, 0.25) is 0 Å². The van der Waals surface area contributed by atoms with Gasteiger partial charge in [0.05, 0.1) is 5.71 Å². The first kappa shape index (κ1) is 15.3. The Balaban J connectivity index is 1.55. The topological polar surface area (TPSA) is 73.1 Å². The summed E-state index contributed by atoms with van der Waals surface area (Å²) in [6.07, 6.45) is 0. The molecular weight excluding hydrogens is 320 g/mol. The molecule has 3 aromatic rings. The summed E-state index contributed by atoms with van der Waals surface area (Å²) in [4.78, 5) is 12.4. The number of amides is 1. The third-order valence-electron chi connectivity index (χ3n) is 4.17. The number of hydrogen-bond acceptors (Lipinski definition) is 5. The fourth-order valence-electron chi connectivity index (χ4n) is 2.76. The van der Waals surface area contributed by atoms with E-state index < -0.39 is 0 Å². The number of benzene rings is 2. The molecule has 25 heavy (non-hydrogen) atoms. The molecule has 0 unspecified atom stereocenters. The number of nitrogens with one attached hydrogen (secondary N) is 1. The quantitative estimate of drug-likeness (QED) is 0.585. The van der Waals surface area contributed by atoms with Crippen molar-refractivity contribution >= 4 is 22.6 Å². The Kier molecular flexibility index (Phi) is 3.65. The molecular formula is C19H16N2O4. The molecule has 6 nitrogen and oxygen atoms in total. The first-order chi connectivity index (χ1) is 12.1. The van der Waals surface area contributed by atoms with Crippen LogP contribution in [0.15, 0.2) is 52.0 Å². The van der Waals surface area contributed by atoms with E-state index in [1.54, 1.807) is 0 Å². The predicted octanol–water partition coefficient (Wildman–Crippen LogP) is 3.62. The lowest BCUT2D eigenvalue weighted by atomic mass is 10.1. The molecule has 1 aliphatic rings. The molecule has 0 aliphatic carbocycles. The number of aryl methyl sites for hydroxylation is 1. The molecule has 2 aromatic carbocycles. The molecule has 2 heterocycles. The number of nitrogens with zero attached hydrogens (tertiary/aromatic N) is 1. The second-order valence-corrected chi connectivity index (χ2v) is 5.76. The molecule has 126 valence electrons. The number of para-hydroxylation sites is 1. The summed E-state index contributed by atoms with van der Waals surface area (Å²) in [6.45, 7) is 3.88. The minimum atomic E-state index is -0.381. The minimum absolute atomic E-state index is 0.219. The largest absolute Gasteiger partial charge is 0.454 e. The Labute approximate surface area is 144 Å². The molecule has 0 radical (unpaired) electrons. The van der Waals surface area contributed by atoms with E-state index in [2.05, 4.69) is 10.5 Å². The Morgan fingerprint density at radius 1 is 1.12 bits per heavy atom. The highest BCUT2D eigenvalue weighted by molar-refractivity contribution is 6.02. The smallest absolute Gasteiger partial charge is 0.307 e. The van der Waals surface area contributed by atoms with Gasteiger partial charge < -0.3 is 13.9 Å². The average molecular weight is 336 g/mol. The van der Waals surface area contributed by atoms with Gasteiger partial charge in [-0.1, -0.05) is 18.2 Å². The van der Waals surface area contributed by atoms with E-state index in [0.717, 1.165) is 16.5 Å². The van der Waals surface area contributed by atoms with Gasteiger partial charge in [-0.3, -0.25) is 4.79 Å². The first-order valence-electron chi connectivity index (χ1n) is 7.86. The second-order valence-electron chi connectivity index (χ2n) is 5.76. The summed E-state index contributed by atoms with van der Waals surface area (Å²) < 4.78 is 16.3. The van der Waals surface area contributed by atoms with Gasteiger partial charge in [-0.15, -0.1) is 0 Å². The van der Waals surface area contributed by atoms with Crippen LogP contribution >= 0.6 is 0 Å². The molecule has 1 aliphatic heterocycles. The van der Waals surface area contributed by atoms with Crippen LogP contribution in [0.25, 0.3) is 11.0 Å². The van der Waals surface area contributed by atoms with E-state index in [1.165, 1.54) is 0 Å². The monoisotopic (exact) mass is 336 g/mol. The van der Waals surface area contributed by atoms with Crippen molar-refractivity contribution in [2.45, 2.75) is 13.8 Å². The Hall–Kier alpha value is -3.28. The van der Waals surface area contributed by atoms with Crippen molar-refractivity contribution in [2.24, 2.45) is 5.10 Å². The zero-order chi connectivity index (χ0) is 17.4. The summed E-state index contributed by atoms with van der Waals surface area (Å²) in [5, 5.41) is 5.09. The van der Waals surface area contributed by atoms with Crippen LogP contribution in [-0.2, 0) is 0 Å². The van der Waals surface area contributed by atoms with Crippen LogP contribution in [0, 0.1) is 6.92 Å². The molecule has 1 aromatic heterocycles. The molecule has 0 saturated heterocycles. The number of carbonyl (C=O) groups is 1. The van der Waals surface area contributed by atoms with Gasteiger partial charge in [0, 0.05) is 16.5 Å². The van der Waals surface area contributed by atoms with Gasteiger partial charge >= 0.3 is 5.91 Å². The molecule has 0 atom stereocenters. The number of carbonyl (C=O) groups excluding carboxylic acids is 1. The van der Waals surface area contributed by atoms with Gasteiger partial charge in [-0.05, 0) is 38.1 Å². The molecule has 1 N–H and O–H groups in total. The highest BCUT2D eigenvalue weighted by Crippen LogP contribution is 2.32. The van der Waals surface area contributed by atoms with Crippen molar-refractivity contribution < 1.29 is 18.7 Å².